The van der Waals surface area contributed by atoms with Crippen LogP contribution in [0.2, 0.25) is 5.02 Å². The Morgan fingerprint density at radius 1 is 1.35 bits per heavy atom. The topological polar surface area (TPSA) is 58.9 Å². The Balaban J connectivity index is 2.12. The summed E-state index contributed by atoms with van der Waals surface area (Å²) in [4.78, 5) is 15.7. The van der Waals surface area contributed by atoms with Gasteiger partial charge in [-0.25, -0.2) is 4.79 Å². The largest absolute Gasteiger partial charge is 0.477 e. The maximum atomic E-state index is 10.7. The van der Waals surface area contributed by atoms with Crippen molar-refractivity contribution in [2.45, 2.75) is 39.0 Å². The van der Waals surface area contributed by atoms with Crippen molar-refractivity contribution in [3.63, 3.8) is 0 Å². The highest BCUT2D eigenvalue weighted by Crippen LogP contribution is 2.13. The molecule has 0 saturated heterocycles. The SMILES string of the molecule is CCC(=NOCCCCCc1cccc(Cl)c1)C(=O)O. The molecule has 5 heteroatoms. The van der Waals surface area contributed by atoms with E-state index in [1.807, 2.05) is 18.2 Å². The summed E-state index contributed by atoms with van der Waals surface area (Å²) in [5, 5.41) is 13.1. The standard InChI is InChI=1S/C15H20ClNO3/c1-2-14(15(18)19)17-20-10-5-3-4-7-12-8-6-9-13(16)11-12/h6,8-9,11H,2-5,7,10H2,1H3,(H,18,19). The fraction of sp³-hybridized carbons (Fsp3) is 0.467. The summed E-state index contributed by atoms with van der Waals surface area (Å²) in [6, 6.07) is 7.86. The number of aliphatic carboxylic acids is 1. The maximum Gasteiger partial charge on any atom is 0.353 e. The summed E-state index contributed by atoms with van der Waals surface area (Å²) in [6.07, 6.45) is 4.27. The van der Waals surface area contributed by atoms with Gasteiger partial charge < -0.3 is 9.94 Å². The van der Waals surface area contributed by atoms with Crippen molar-refractivity contribution in [3.8, 4) is 0 Å². The number of halogens is 1. The minimum atomic E-state index is -1.02. The van der Waals surface area contributed by atoms with E-state index in [1.54, 1.807) is 6.92 Å². The van der Waals surface area contributed by atoms with E-state index in [4.69, 9.17) is 21.5 Å². The van der Waals surface area contributed by atoms with Crippen molar-refractivity contribution >= 4 is 23.3 Å². The van der Waals surface area contributed by atoms with E-state index < -0.39 is 5.97 Å². The van der Waals surface area contributed by atoms with E-state index in [0.29, 0.717) is 13.0 Å². The second-order valence-corrected chi connectivity index (χ2v) is 4.91. The van der Waals surface area contributed by atoms with E-state index in [0.717, 1.165) is 30.7 Å². The smallest absolute Gasteiger partial charge is 0.353 e. The third kappa shape index (κ3) is 6.57. The first-order chi connectivity index (χ1) is 9.63. The highest BCUT2D eigenvalue weighted by Gasteiger charge is 2.06. The molecule has 0 atom stereocenters. The highest BCUT2D eigenvalue weighted by molar-refractivity contribution is 6.35. The molecule has 20 heavy (non-hydrogen) atoms. The van der Waals surface area contributed by atoms with E-state index >= 15 is 0 Å². The summed E-state index contributed by atoms with van der Waals surface area (Å²) < 4.78 is 0. The third-order valence-corrected chi connectivity index (χ3v) is 3.08. The third-order valence-electron chi connectivity index (χ3n) is 2.85. The van der Waals surface area contributed by atoms with Gasteiger partial charge in [0, 0.05) is 5.02 Å². The van der Waals surface area contributed by atoms with Gasteiger partial charge in [0.1, 0.15) is 6.61 Å². The quantitative estimate of drug-likeness (QED) is 0.427. The van der Waals surface area contributed by atoms with Crippen molar-refractivity contribution in [1.29, 1.82) is 0 Å². The van der Waals surface area contributed by atoms with Crippen LogP contribution in [-0.4, -0.2) is 23.4 Å². The predicted octanol–water partition coefficient (Wildman–Crippen LogP) is 3.92. The molecule has 0 aromatic heterocycles. The molecule has 0 unspecified atom stereocenters. The Kier molecular flexibility index (Phi) is 7.73. The number of carboxylic acids is 1. The van der Waals surface area contributed by atoms with Gasteiger partial charge in [0.05, 0.1) is 0 Å². The fourth-order valence-corrected chi connectivity index (χ4v) is 1.96. The van der Waals surface area contributed by atoms with Crippen LogP contribution >= 0.6 is 11.6 Å². The zero-order valence-corrected chi connectivity index (χ0v) is 12.4. The molecular formula is C15H20ClNO3. The number of carbonyl (C=O) groups is 1. The van der Waals surface area contributed by atoms with Gasteiger partial charge in [-0.15, -0.1) is 0 Å². The van der Waals surface area contributed by atoms with Crippen molar-refractivity contribution in [2.24, 2.45) is 5.16 Å². The van der Waals surface area contributed by atoms with Crippen molar-refractivity contribution in [3.05, 3.63) is 34.9 Å². The van der Waals surface area contributed by atoms with Crippen LogP contribution in [0.3, 0.4) is 0 Å². The molecule has 1 aromatic rings. The second-order valence-electron chi connectivity index (χ2n) is 4.47. The molecule has 0 aliphatic carbocycles. The Labute approximate surface area is 124 Å². The summed E-state index contributed by atoms with van der Waals surface area (Å²) in [7, 11) is 0. The normalized spacial score (nSPS) is 11.4. The molecule has 0 bridgehead atoms. The highest BCUT2D eigenvalue weighted by atomic mass is 35.5. The van der Waals surface area contributed by atoms with Crippen LogP contribution in [-0.2, 0) is 16.1 Å². The lowest BCUT2D eigenvalue weighted by Gasteiger charge is -2.03. The van der Waals surface area contributed by atoms with Crippen LogP contribution in [0.15, 0.2) is 29.4 Å². The number of hydrogen-bond acceptors (Lipinski definition) is 3. The number of hydrogen-bond donors (Lipinski definition) is 1. The van der Waals surface area contributed by atoms with Gasteiger partial charge in [0.2, 0.25) is 0 Å². The van der Waals surface area contributed by atoms with E-state index in [9.17, 15) is 4.79 Å². The number of rotatable bonds is 9. The Morgan fingerprint density at radius 2 is 2.15 bits per heavy atom. The number of benzene rings is 1. The average molecular weight is 298 g/mol. The summed E-state index contributed by atoms with van der Waals surface area (Å²) in [6.45, 7) is 2.19. The molecule has 0 aliphatic rings. The van der Waals surface area contributed by atoms with Gasteiger partial charge in [0.15, 0.2) is 5.71 Å². The first kappa shape index (κ1) is 16.5. The van der Waals surface area contributed by atoms with Crippen LogP contribution in [0.25, 0.3) is 0 Å². The predicted molar refractivity (Wildman–Crippen MR) is 80.3 cm³/mol. The minimum absolute atomic E-state index is 0.0592. The van der Waals surface area contributed by atoms with Gasteiger partial charge in [-0.05, 0) is 49.8 Å². The van der Waals surface area contributed by atoms with Crippen LogP contribution < -0.4 is 0 Å². The number of carboxylic acid groups (broad SMARTS) is 1. The molecule has 0 spiro atoms. The monoisotopic (exact) mass is 297 g/mol. The molecule has 0 aliphatic heterocycles. The lowest BCUT2D eigenvalue weighted by Crippen LogP contribution is -2.12. The number of nitrogens with zero attached hydrogens (tertiary/aromatic N) is 1. The van der Waals surface area contributed by atoms with Crippen LogP contribution in [0.5, 0.6) is 0 Å². The van der Waals surface area contributed by atoms with Crippen molar-refractivity contribution in [2.75, 3.05) is 6.61 Å². The molecule has 4 nitrogen and oxygen atoms in total. The zero-order chi connectivity index (χ0) is 14.8. The summed E-state index contributed by atoms with van der Waals surface area (Å²) in [5.74, 6) is -1.02. The van der Waals surface area contributed by atoms with Gasteiger partial charge in [-0.2, -0.15) is 0 Å². The molecule has 1 aromatic carbocycles. The Bertz CT molecular complexity index is 460. The Hall–Kier alpha value is -1.55. The van der Waals surface area contributed by atoms with Crippen LogP contribution in [0.1, 0.15) is 38.2 Å². The first-order valence-corrected chi connectivity index (χ1v) is 7.18. The number of aryl methyl sites for hydroxylation is 1. The van der Waals surface area contributed by atoms with Gasteiger partial charge >= 0.3 is 5.97 Å². The molecular weight excluding hydrogens is 278 g/mol. The van der Waals surface area contributed by atoms with Crippen molar-refractivity contribution in [1.82, 2.24) is 0 Å². The minimum Gasteiger partial charge on any atom is -0.477 e. The zero-order valence-electron chi connectivity index (χ0n) is 11.6. The summed E-state index contributed by atoms with van der Waals surface area (Å²) in [5.41, 5.74) is 1.29. The first-order valence-electron chi connectivity index (χ1n) is 6.80. The molecule has 0 fully saturated rings. The molecule has 0 saturated carbocycles. The van der Waals surface area contributed by atoms with E-state index in [1.165, 1.54) is 5.56 Å². The molecule has 110 valence electrons. The van der Waals surface area contributed by atoms with E-state index in [-0.39, 0.29) is 5.71 Å². The van der Waals surface area contributed by atoms with Crippen LogP contribution in [0, 0.1) is 0 Å². The van der Waals surface area contributed by atoms with E-state index in [2.05, 4.69) is 11.2 Å². The Morgan fingerprint density at radius 3 is 2.80 bits per heavy atom. The van der Waals surface area contributed by atoms with Gasteiger partial charge in [-0.1, -0.05) is 35.8 Å². The van der Waals surface area contributed by atoms with Gasteiger partial charge in [-0.3, -0.25) is 0 Å². The second kappa shape index (κ2) is 9.37. The molecule has 1 rings (SSSR count). The molecule has 0 amide bonds. The average Bonchev–Trinajstić information content (AvgIpc) is 2.41. The maximum absolute atomic E-state index is 10.7. The molecule has 1 N–H and O–H groups in total. The van der Waals surface area contributed by atoms with Gasteiger partial charge in [0.25, 0.3) is 0 Å². The molecule has 0 heterocycles. The lowest BCUT2D eigenvalue weighted by atomic mass is 10.1. The number of unbranched alkanes of at least 4 members (excludes halogenated alkanes) is 2. The summed E-state index contributed by atoms with van der Waals surface area (Å²) >= 11 is 5.91. The molecule has 0 radical (unpaired) electrons. The fourth-order valence-electron chi connectivity index (χ4n) is 1.74. The lowest BCUT2D eigenvalue weighted by molar-refractivity contribution is -0.129. The number of oxime groups is 1. The van der Waals surface area contributed by atoms with Crippen molar-refractivity contribution < 1.29 is 14.7 Å². The van der Waals surface area contributed by atoms with Crippen LogP contribution in [0.4, 0.5) is 0 Å².